The SMILES string of the molecule is NS(=O)(=O)c1ccc(-c2nc(Cc3ccccc3)oc2-c2c(Cl)cccc2Cl)cc1. The third kappa shape index (κ3) is 4.27. The highest BCUT2D eigenvalue weighted by molar-refractivity contribution is 7.89. The molecule has 0 bridgehead atoms. The number of nitrogens with two attached hydrogens (primary N) is 1. The Morgan fingerprint density at radius 1 is 0.867 bits per heavy atom. The average Bonchev–Trinajstić information content (AvgIpc) is 3.11. The highest BCUT2D eigenvalue weighted by Gasteiger charge is 2.22. The van der Waals surface area contributed by atoms with E-state index in [1.807, 2.05) is 30.3 Å². The second kappa shape index (κ2) is 8.24. The van der Waals surface area contributed by atoms with Crippen LogP contribution < -0.4 is 5.14 Å². The molecule has 1 aromatic heterocycles. The Bertz CT molecular complexity index is 1280. The van der Waals surface area contributed by atoms with Crippen LogP contribution in [-0.2, 0) is 16.4 Å². The Labute approximate surface area is 184 Å². The van der Waals surface area contributed by atoms with Gasteiger partial charge in [-0.15, -0.1) is 0 Å². The molecule has 30 heavy (non-hydrogen) atoms. The first kappa shape index (κ1) is 20.6. The number of nitrogens with zero attached hydrogens (tertiary/aromatic N) is 1. The van der Waals surface area contributed by atoms with E-state index in [1.54, 1.807) is 30.3 Å². The van der Waals surface area contributed by atoms with Crippen LogP contribution in [0.25, 0.3) is 22.6 Å². The summed E-state index contributed by atoms with van der Waals surface area (Å²) in [6, 6.07) is 21.1. The molecule has 2 N–H and O–H groups in total. The fraction of sp³-hybridized carbons (Fsp3) is 0.0455. The molecule has 4 rings (SSSR count). The fourth-order valence-corrected chi connectivity index (χ4v) is 4.18. The van der Waals surface area contributed by atoms with Gasteiger partial charge in [0.05, 0.1) is 20.5 Å². The van der Waals surface area contributed by atoms with Crippen LogP contribution in [0.3, 0.4) is 0 Å². The molecule has 152 valence electrons. The lowest BCUT2D eigenvalue weighted by atomic mass is 10.1. The number of hydrogen-bond donors (Lipinski definition) is 1. The minimum absolute atomic E-state index is 0.0107. The molecule has 0 aliphatic heterocycles. The maximum atomic E-state index is 11.6. The lowest BCUT2D eigenvalue weighted by Gasteiger charge is -2.06. The molecule has 0 atom stereocenters. The summed E-state index contributed by atoms with van der Waals surface area (Å²) in [6.07, 6.45) is 0.477. The second-order valence-corrected chi connectivity index (χ2v) is 8.99. The van der Waals surface area contributed by atoms with Crippen molar-refractivity contribution in [2.24, 2.45) is 5.14 Å². The van der Waals surface area contributed by atoms with Gasteiger partial charge in [-0.1, -0.05) is 71.7 Å². The van der Waals surface area contributed by atoms with E-state index in [9.17, 15) is 8.42 Å². The first-order valence-electron chi connectivity index (χ1n) is 8.94. The normalized spacial score (nSPS) is 11.6. The summed E-state index contributed by atoms with van der Waals surface area (Å²) in [5.74, 6) is 0.901. The molecule has 8 heteroatoms. The van der Waals surface area contributed by atoms with Crippen molar-refractivity contribution in [1.82, 2.24) is 4.98 Å². The Hall–Kier alpha value is -2.64. The van der Waals surface area contributed by atoms with Crippen molar-refractivity contribution >= 4 is 33.2 Å². The van der Waals surface area contributed by atoms with E-state index in [-0.39, 0.29) is 4.90 Å². The molecule has 0 amide bonds. The van der Waals surface area contributed by atoms with Gasteiger partial charge < -0.3 is 4.42 Å². The van der Waals surface area contributed by atoms with E-state index in [0.717, 1.165) is 5.56 Å². The molecule has 0 fully saturated rings. The summed E-state index contributed by atoms with van der Waals surface area (Å²) in [5, 5.41) is 6.05. The summed E-state index contributed by atoms with van der Waals surface area (Å²) in [4.78, 5) is 4.67. The first-order chi connectivity index (χ1) is 14.3. The van der Waals surface area contributed by atoms with Gasteiger partial charge in [0.15, 0.2) is 11.7 Å². The van der Waals surface area contributed by atoms with Crippen molar-refractivity contribution in [3.8, 4) is 22.6 Å². The summed E-state index contributed by atoms with van der Waals surface area (Å²) < 4.78 is 29.2. The van der Waals surface area contributed by atoms with E-state index in [0.29, 0.717) is 44.9 Å². The number of hydrogen-bond acceptors (Lipinski definition) is 4. The quantitative estimate of drug-likeness (QED) is 0.424. The minimum Gasteiger partial charge on any atom is -0.440 e. The predicted octanol–water partition coefficient (Wildman–Crippen LogP) is 5.55. The summed E-state index contributed by atoms with van der Waals surface area (Å²) in [5.41, 5.74) is 2.72. The topological polar surface area (TPSA) is 86.2 Å². The number of benzene rings is 3. The van der Waals surface area contributed by atoms with Crippen LogP contribution in [-0.4, -0.2) is 13.4 Å². The maximum Gasteiger partial charge on any atom is 0.238 e. The van der Waals surface area contributed by atoms with Gasteiger partial charge in [0, 0.05) is 12.0 Å². The molecule has 3 aromatic carbocycles. The fourth-order valence-electron chi connectivity index (χ4n) is 3.09. The van der Waals surface area contributed by atoms with Crippen molar-refractivity contribution < 1.29 is 12.8 Å². The Balaban J connectivity index is 1.85. The zero-order valence-corrected chi connectivity index (χ0v) is 17.9. The van der Waals surface area contributed by atoms with Gasteiger partial charge in [-0.25, -0.2) is 18.5 Å². The smallest absolute Gasteiger partial charge is 0.238 e. The molecule has 4 aromatic rings. The van der Waals surface area contributed by atoms with Gasteiger partial charge in [-0.3, -0.25) is 0 Å². The number of aromatic nitrogens is 1. The molecule has 5 nitrogen and oxygen atoms in total. The molecule has 0 aliphatic rings. The minimum atomic E-state index is -3.80. The van der Waals surface area contributed by atoms with Crippen molar-refractivity contribution in [2.45, 2.75) is 11.3 Å². The summed E-state index contributed by atoms with van der Waals surface area (Å²) in [7, 11) is -3.80. The third-order valence-corrected chi connectivity index (χ3v) is 6.07. The van der Waals surface area contributed by atoms with Crippen LogP contribution in [0.5, 0.6) is 0 Å². The van der Waals surface area contributed by atoms with E-state index in [2.05, 4.69) is 4.98 Å². The maximum absolute atomic E-state index is 11.6. The lowest BCUT2D eigenvalue weighted by Crippen LogP contribution is -2.11. The van der Waals surface area contributed by atoms with E-state index in [4.69, 9.17) is 32.8 Å². The lowest BCUT2D eigenvalue weighted by molar-refractivity contribution is 0.519. The van der Waals surface area contributed by atoms with Crippen molar-refractivity contribution in [1.29, 1.82) is 0 Å². The van der Waals surface area contributed by atoms with Crippen molar-refractivity contribution in [3.05, 3.63) is 94.3 Å². The van der Waals surface area contributed by atoms with Gasteiger partial charge in [-0.2, -0.15) is 0 Å². The zero-order chi connectivity index (χ0) is 21.3. The van der Waals surface area contributed by atoms with Gasteiger partial charge in [0.2, 0.25) is 10.0 Å². The largest absolute Gasteiger partial charge is 0.440 e. The predicted molar refractivity (Wildman–Crippen MR) is 118 cm³/mol. The van der Waals surface area contributed by atoms with Gasteiger partial charge in [0.25, 0.3) is 0 Å². The average molecular weight is 459 g/mol. The molecule has 1 heterocycles. The second-order valence-electron chi connectivity index (χ2n) is 6.61. The Morgan fingerprint density at radius 3 is 2.10 bits per heavy atom. The van der Waals surface area contributed by atoms with Crippen LogP contribution in [0, 0.1) is 0 Å². The van der Waals surface area contributed by atoms with Crippen molar-refractivity contribution in [2.75, 3.05) is 0 Å². The monoisotopic (exact) mass is 458 g/mol. The number of primary sulfonamides is 1. The standard InChI is InChI=1S/C22H16Cl2N2O3S/c23-17-7-4-8-18(24)20(17)22-21(15-9-11-16(12-10-15)30(25,27)28)26-19(29-22)13-14-5-2-1-3-6-14/h1-12H,13H2,(H2,25,27,28). The van der Waals surface area contributed by atoms with Crippen molar-refractivity contribution in [3.63, 3.8) is 0 Å². The van der Waals surface area contributed by atoms with Crippen LogP contribution in [0.1, 0.15) is 11.5 Å². The number of halogens is 2. The number of sulfonamides is 1. The zero-order valence-electron chi connectivity index (χ0n) is 15.5. The first-order valence-corrected chi connectivity index (χ1v) is 11.2. The third-order valence-electron chi connectivity index (χ3n) is 4.52. The van der Waals surface area contributed by atoms with Crippen LogP contribution in [0.4, 0.5) is 0 Å². The molecule has 0 saturated heterocycles. The summed E-state index contributed by atoms with van der Waals surface area (Å²) >= 11 is 12.8. The van der Waals surface area contributed by atoms with Crippen LogP contribution in [0.15, 0.2) is 82.1 Å². The Kier molecular flexibility index (Phi) is 5.66. The molecule has 0 spiro atoms. The van der Waals surface area contributed by atoms with Crippen LogP contribution in [0.2, 0.25) is 10.0 Å². The van der Waals surface area contributed by atoms with E-state index >= 15 is 0 Å². The molecular formula is C22H16Cl2N2O3S. The highest BCUT2D eigenvalue weighted by Crippen LogP contribution is 2.41. The van der Waals surface area contributed by atoms with Gasteiger partial charge in [-0.05, 0) is 29.8 Å². The molecule has 0 saturated carbocycles. The van der Waals surface area contributed by atoms with Gasteiger partial charge >= 0.3 is 0 Å². The molecule has 0 radical (unpaired) electrons. The molecular weight excluding hydrogens is 443 g/mol. The van der Waals surface area contributed by atoms with E-state index in [1.165, 1.54) is 12.1 Å². The molecule has 0 unspecified atom stereocenters. The number of rotatable bonds is 5. The highest BCUT2D eigenvalue weighted by atomic mass is 35.5. The van der Waals surface area contributed by atoms with Crippen LogP contribution >= 0.6 is 23.2 Å². The molecule has 0 aliphatic carbocycles. The Morgan fingerprint density at radius 2 is 1.50 bits per heavy atom. The summed E-state index contributed by atoms with van der Waals surface area (Å²) in [6.45, 7) is 0. The van der Waals surface area contributed by atoms with E-state index < -0.39 is 10.0 Å². The number of oxazole rings is 1. The van der Waals surface area contributed by atoms with Gasteiger partial charge in [0.1, 0.15) is 5.69 Å².